The summed E-state index contributed by atoms with van der Waals surface area (Å²) in [5, 5.41) is 0. The molecule has 0 spiro atoms. The topological polar surface area (TPSA) is 43.4 Å². The fourth-order valence-electron chi connectivity index (χ4n) is 4.91. The van der Waals surface area contributed by atoms with Crippen molar-refractivity contribution in [3.63, 3.8) is 0 Å². The third-order valence-electron chi connectivity index (χ3n) is 5.51. The molecular formula is C16H22O3. The lowest BCUT2D eigenvalue weighted by molar-refractivity contribution is -0.156. The van der Waals surface area contributed by atoms with E-state index in [0.29, 0.717) is 18.3 Å². The predicted molar refractivity (Wildman–Crippen MR) is 71.4 cm³/mol. The molecule has 104 valence electrons. The van der Waals surface area contributed by atoms with Crippen molar-refractivity contribution in [3.05, 3.63) is 11.6 Å². The average molecular weight is 262 g/mol. The van der Waals surface area contributed by atoms with Gasteiger partial charge in [0.1, 0.15) is 6.10 Å². The minimum Gasteiger partial charge on any atom is -0.462 e. The minimum absolute atomic E-state index is 0.0151. The van der Waals surface area contributed by atoms with E-state index in [1.54, 1.807) is 0 Å². The van der Waals surface area contributed by atoms with Crippen LogP contribution in [0.5, 0.6) is 0 Å². The van der Waals surface area contributed by atoms with Gasteiger partial charge in [-0.2, -0.15) is 0 Å². The zero-order chi connectivity index (χ0) is 14.0. The van der Waals surface area contributed by atoms with Gasteiger partial charge in [-0.05, 0) is 24.8 Å². The summed E-state index contributed by atoms with van der Waals surface area (Å²) in [7, 11) is 0. The first-order chi connectivity index (χ1) is 8.74. The van der Waals surface area contributed by atoms with Crippen molar-refractivity contribution in [2.45, 2.75) is 53.1 Å². The summed E-state index contributed by atoms with van der Waals surface area (Å²) in [5.74, 6) is 0.902. The Morgan fingerprint density at radius 3 is 2.68 bits per heavy atom. The molecule has 0 aliphatic heterocycles. The van der Waals surface area contributed by atoms with Crippen LogP contribution in [-0.2, 0) is 14.3 Å². The zero-order valence-electron chi connectivity index (χ0n) is 12.2. The smallest absolute Gasteiger partial charge is 0.302 e. The fraction of sp³-hybridized carbons (Fsp3) is 0.750. The molecule has 3 heteroatoms. The van der Waals surface area contributed by atoms with Crippen LogP contribution in [0.3, 0.4) is 0 Å². The molecule has 0 aromatic heterocycles. The number of ether oxygens (including phenoxy) is 1. The van der Waals surface area contributed by atoms with E-state index in [1.165, 1.54) is 12.5 Å². The highest BCUT2D eigenvalue weighted by molar-refractivity contribution is 5.94. The molecule has 0 heterocycles. The molecular weight excluding hydrogens is 240 g/mol. The molecule has 3 rings (SSSR count). The third-order valence-corrected chi connectivity index (χ3v) is 5.51. The second-order valence-corrected chi connectivity index (χ2v) is 7.44. The molecule has 4 atom stereocenters. The highest BCUT2D eigenvalue weighted by Crippen LogP contribution is 2.65. The van der Waals surface area contributed by atoms with Crippen LogP contribution in [0.25, 0.3) is 0 Å². The van der Waals surface area contributed by atoms with Gasteiger partial charge in [-0.15, -0.1) is 0 Å². The highest BCUT2D eigenvalue weighted by Gasteiger charge is 2.63. The highest BCUT2D eigenvalue weighted by atomic mass is 16.5. The van der Waals surface area contributed by atoms with Gasteiger partial charge in [0.25, 0.3) is 0 Å². The molecule has 3 nitrogen and oxygen atoms in total. The van der Waals surface area contributed by atoms with Crippen LogP contribution in [0.15, 0.2) is 11.6 Å². The van der Waals surface area contributed by atoms with Gasteiger partial charge in [0.05, 0.1) is 0 Å². The average Bonchev–Trinajstić information content (AvgIpc) is 2.71. The summed E-state index contributed by atoms with van der Waals surface area (Å²) in [5.41, 5.74) is 1.23. The van der Waals surface area contributed by atoms with Gasteiger partial charge in [0, 0.05) is 30.1 Å². The number of carbonyl (C=O) groups is 2. The molecule has 2 saturated carbocycles. The minimum atomic E-state index is -0.205. The van der Waals surface area contributed by atoms with E-state index in [9.17, 15) is 9.59 Å². The largest absolute Gasteiger partial charge is 0.462 e. The van der Waals surface area contributed by atoms with Crippen LogP contribution in [0.2, 0.25) is 0 Å². The maximum absolute atomic E-state index is 11.8. The van der Waals surface area contributed by atoms with Crippen molar-refractivity contribution in [1.82, 2.24) is 0 Å². The Morgan fingerprint density at radius 1 is 1.37 bits per heavy atom. The van der Waals surface area contributed by atoms with Gasteiger partial charge in [-0.25, -0.2) is 0 Å². The molecule has 0 N–H and O–H groups in total. The van der Waals surface area contributed by atoms with E-state index < -0.39 is 0 Å². The van der Waals surface area contributed by atoms with Crippen molar-refractivity contribution in [1.29, 1.82) is 0 Å². The number of fused-ring (bicyclic) bond motifs is 3. The molecule has 0 bridgehead atoms. The van der Waals surface area contributed by atoms with Crippen LogP contribution < -0.4 is 0 Å². The fourth-order valence-corrected chi connectivity index (χ4v) is 4.91. The summed E-state index contributed by atoms with van der Waals surface area (Å²) in [6.45, 7) is 8.04. The molecule has 0 amide bonds. The van der Waals surface area contributed by atoms with E-state index in [1.807, 2.05) is 6.08 Å². The number of ketones is 1. The number of rotatable bonds is 1. The van der Waals surface area contributed by atoms with E-state index in [0.717, 1.165) is 12.8 Å². The number of hydrogen-bond acceptors (Lipinski definition) is 3. The Balaban J connectivity index is 1.99. The maximum Gasteiger partial charge on any atom is 0.302 e. The summed E-state index contributed by atoms with van der Waals surface area (Å²) in [6.07, 6.45) is 4.47. The monoisotopic (exact) mass is 262 g/mol. The predicted octanol–water partition coefficient (Wildman–Crippen LogP) is 2.89. The molecule has 3 aliphatic carbocycles. The van der Waals surface area contributed by atoms with E-state index in [-0.39, 0.29) is 28.7 Å². The lowest BCUT2D eigenvalue weighted by Gasteiger charge is -2.37. The van der Waals surface area contributed by atoms with Crippen molar-refractivity contribution < 1.29 is 14.3 Å². The number of carbonyl (C=O) groups excluding carboxylic acids is 2. The van der Waals surface area contributed by atoms with Gasteiger partial charge in [-0.1, -0.05) is 26.3 Å². The second-order valence-electron chi connectivity index (χ2n) is 7.44. The van der Waals surface area contributed by atoms with E-state index in [2.05, 4.69) is 20.8 Å². The van der Waals surface area contributed by atoms with Crippen molar-refractivity contribution in [3.8, 4) is 0 Å². The standard InChI is InChI=1S/C16H22O3/c1-9(17)19-14-13-10(7-15(14,2)3)5-11-6-12(18)8-16(11,13)4/h6,10,13-14H,5,7-8H2,1-4H3/t10-,13-,14+,16+/m0/s1. The van der Waals surface area contributed by atoms with Crippen LogP contribution in [0, 0.1) is 22.7 Å². The van der Waals surface area contributed by atoms with Gasteiger partial charge in [0.2, 0.25) is 0 Å². The van der Waals surface area contributed by atoms with E-state index in [4.69, 9.17) is 4.74 Å². The first kappa shape index (κ1) is 12.9. The van der Waals surface area contributed by atoms with Gasteiger partial charge < -0.3 is 4.74 Å². The van der Waals surface area contributed by atoms with Crippen molar-refractivity contribution in [2.75, 3.05) is 0 Å². The van der Waals surface area contributed by atoms with E-state index >= 15 is 0 Å². The number of hydrogen-bond donors (Lipinski definition) is 0. The zero-order valence-corrected chi connectivity index (χ0v) is 12.2. The molecule has 3 aliphatic rings. The SMILES string of the molecule is CC(=O)O[C@@H]1[C@@H]2[C@@H](CC3=CC(=O)C[C@]32C)CC1(C)C. The van der Waals surface area contributed by atoms with Crippen LogP contribution >= 0.6 is 0 Å². The Labute approximate surface area is 114 Å². The Morgan fingerprint density at radius 2 is 2.05 bits per heavy atom. The Kier molecular flexibility index (Phi) is 2.52. The van der Waals surface area contributed by atoms with Crippen molar-refractivity contribution in [2.24, 2.45) is 22.7 Å². The molecule has 0 radical (unpaired) electrons. The van der Waals surface area contributed by atoms with Crippen LogP contribution in [0.4, 0.5) is 0 Å². The van der Waals surface area contributed by atoms with Crippen LogP contribution in [0.1, 0.15) is 47.0 Å². The molecule has 2 fully saturated rings. The van der Waals surface area contributed by atoms with Gasteiger partial charge in [0.15, 0.2) is 5.78 Å². The van der Waals surface area contributed by atoms with Crippen molar-refractivity contribution >= 4 is 11.8 Å². The lowest BCUT2D eigenvalue weighted by Crippen LogP contribution is -2.39. The lowest BCUT2D eigenvalue weighted by atomic mass is 9.72. The Hall–Kier alpha value is -1.12. The molecule has 0 aromatic rings. The molecule has 19 heavy (non-hydrogen) atoms. The maximum atomic E-state index is 11.8. The van der Waals surface area contributed by atoms with Gasteiger partial charge in [-0.3, -0.25) is 9.59 Å². The van der Waals surface area contributed by atoms with Crippen LogP contribution in [-0.4, -0.2) is 17.9 Å². The first-order valence-electron chi connectivity index (χ1n) is 7.15. The first-order valence-corrected chi connectivity index (χ1v) is 7.15. The summed E-state index contributed by atoms with van der Waals surface area (Å²) < 4.78 is 5.67. The second kappa shape index (κ2) is 3.71. The summed E-state index contributed by atoms with van der Waals surface area (Å²) in [6, 6.07) is 0. The van der Waals surface area contributed by atoms with Gasteiger partial charge >= 0.3 is 5.97 Å². The number of esters is 1. The summed E-state index contributed by atoms with van der Waals surface area (Å²) >= 11 is 0. The number of allylic oxidation sites excluding steroid dienone is 2. The normalized spacial score (nSPS) is 42.8. The quantitative estimate of drug-likeness (QED) is 0.682. The summed E-state index contributed by atoms with van der Waals surface area (Å²) in [4.78, 5) is 23.2. The Bertz CT molecular complexity index is 488. The molecule has 0 unspecified atom stereocenters. The molecule has 0 saturated heterocycles. The third kappa shape index (κ3) is 1.70. The molecule has 0 aromatic carbocycles.